The van der Waals surface area contributed by atoms with Crippen LogP contribution in [0.4, 0.5) is 0 Å². The van der Waals surface area contributed by atoms with Gasteiger partial charge in [0.05, 0.1) is 25.6 Å². The summed E-state index contributed by atoms with van der Waals surface area (Å²) in [5.74, 6) is 1.49. The van der Waals surface area contributed by atoms with E-state index in [1.165, 1.54) is 6.07 Å². The lowest BCUT2D eigenvalue weighted by molar-refractivity contribution is 0.0940. The minimum absolute atomic E-state index is 0.0892. The van der Waals surface area contributed by atoms with E-state index in [1.54, 1.807) is 38.5 Å². The molecule has 0 aliphatic carbocycles. The lowest BCUT2D eigenvalue weighted by Crippen LogP contribution is -2.26. The largest absolute Gasteiger partial charge is 0.493 e. The van der Waals surface area contributed by atoms with Gasteiger partial charge < -0.3 is 19.2 Å². The van der Waals surface area contributed by atoms with Gasteiger partial charge in [0.2, 0.25) is 0 Å². The van der Waals surface area contributed by atoms with Crippen molar-refractivity contribution in [3.8, 4) is 22.8 Å². The van der Waals surface area contributed by atoms with Gasteiger partial charge in [-0.05, 0) is 67.8 Å². The van der Waals surface area contributed by atoms with Gasteiger partial charge >= 0.3 is 0 Å². The molecule has 1 N–H and O–H groups in total. The number of amides is 1. The van der Waals surface area contributed by atoms with Crippen molar-refractivity contribution in [2.24, 2.45) is 0 Å². The molecule has 6 nitrogen and oxygen atoms in total. The van der Waals surface area contributed by atoms with Crippen LogP contribution in [0.5, 0.6) is 11.5 Å². The second-order valence-corrected chi connectivity index (χ2v) is 8.32. The number of hydrogen-bond donors (Lipinski definition) is 1. The van der Waals surface area contributed by atoms with Gasteiger partial charge in [0.1, 0.15) is 11.3 Å². The second-order valence-electron chi connectivity index (χ2n) is 8.32. The Kier molecular flexibility index (Phi) is 6.41. The third-order valence-electron chi connectivity index (χ3n) is 5.85. The van der Waals surface area contributed by atoms with E-state index < -0.39 is 0 Å². The fourth-order valence-electron chi connectivity index (χ4n) is 4.02. The summed E-state index contributed by atoms with van der Waals surface area (Å²) in [7, 11) is 3.16. The Bertz CT molecular complexity index is 1420. The molecule has 0 aliphatic heterocycles. The van der Waals surface area contributed by atoms with E-state index in [0.717, 1.165) is 22.3 Å². The van der Waals surface area contributed by atoms with Crippen molar-refractivity contribution in [3.05, 3.63) is 93.1 Å². The Morgan fingerprint density at radius 3 is 2.29 bits per heavy atom. The van der Waals surface area contributed by atoms with Gasteiger partial charge in [0.15, 0.2) is 16.9 Å². The molecular formula is C28H27NO5. The van der Waals surface area contributed by atoms with Crippen LogP contribution in [0, 0.1) is 13.8 Å². The maximum absolute atomic E-state index is 12.8. The van der Waals surface area contributed by atoms with E-state index in [1.807, 2.05) is 51.1 Å². The fourth-order valence-corrected chi connectivity index (χ4v) is 4.02. The Balaban J connectivity index is 1.55. The molecule has 3 aromatic carbocycles. The van der Waals surface area contributed by atoms with Crippen molar-refractivity contribution in [2.45, 2.75) is 26.8 Å². The first-order chi connectivity index (χ1) is 16.3. The van der Waals surface area contributed by atoms with Crippen LogP contribution in [-0.4, -0.2) is 20.1 Å². The standard InChI is InChI=1S/C28H27NO5/c1-16-12-17(2)27-22(13-16)23(30)15-25(34-27)19-6-8-20(9-7-19)28(31)29-18(3)21-10-11-24(32-4)26(14-21)33-5/h6-15,18H,1-5H3,(H,29,31). The average molecular weight is 458 g/mol. The zero-order chi connectivity index (χ0) is 24.4. The molecule has 0 fully saturated rings. The Morgan fingerprint density at radius 1 is 0.912 bits per heavy atom. The Hall–Kier alpha value is -4.06. The zero-order valence-corrected chi connectivity index (χ0v) is 19.9. The van der Waals surface area contributed by atoms with Crippen molar-refractivity contribution in [1.29, 1.82) is 0 Å². The van der Waals surface area contributed by atoms with E-state index in [2.05, 4.69) is 5.32 Å². The highest BCUT2D eigenvalue weighted by atomic mass is 16.5. The number of fused-ring (bicyclic) bond motifs is 1. The molecule has 6 heteroatoms. The summed E-state index contributed by atoms with van der Waals surface area (Å²) in [4.78, 5) is 25.5. The van der Waals surface area contributed by atoms with Crippen LogP contribution in [0.15, 0.2) is 69.9 Å². The van der Waals surface area contributed by atoms with Crippen molar-refractivity contribution < 1.29 is 18.7 Å². The van der Waals surface area contributed by atoms with E-state index >= 15 is 0 Å². The summed E-state index contributed by atoms with van der Waals surface area (Å²) in [6.07, 6.45) is 0. The molecule has 1 unspecified atom stereocenters. The lowest BCUT2D eigenvalue weighted by Gasteiger charge is -2.16. The van der Waals surface area contributed by atoms with Gasteiger partial charge in [-0.1, -0.05) is 24.3 Å². The number of methoxy groups -OCH3 is 2. The zero-order valence-electron chi connectivity index (χ0n) is 19.9. The third-order valence-corrected chi connectivity index (χ3v) is 5.85. The van der Waals surface area contributed by atoms with Crippen LogP contribution >= 0.6 is 0 Å². The molecule has 174 valence electrons. The Labute approximate surface area is 198 Å². The first-order valence-electron chi connectivity index (χ1n) is 11.0. The summed E-state index contributed by atoms with van der Waals surface area (Å²) < 4.78 is 16.7. The average Bonchev–Trinajstić information content (AvgIpc) is 2.84. The molecular weight excluding hydrogens is 430 g/mol. The SMILES string of the molecule is COc1ccc(C(C)NC(=O)c2ccc(-c3cc(=O)c4cc(C)cc(C)c4o3)cc2)cc1OC. The number of carbonyl (C=O) groups is 1. The van der Waals surface area contributed by atoms with E-state index in [0.29, 0.717) is 33.8 Å². The van der Waals surface area contributed by atoms with Gasteiger partial charge in [0.25, 0.3) is 5.91 Å². The molecule has 1 aromatic heterocycles. The third kappa shape index (κ3) is 4.53. The van der Waals surface area contributed by atoms with Crippen LogP contribution in [0.2, 0.25) is 0 Å². The van der Waals surface area contributed by atoms with Crippen molar-refractivity contribution in [1.82, 2.24) is 5.32 Å². The molecule has 0 aliphatic rings. The van der Waals surface area contributed by atoms with Crippen LogP contribution in [0.1, 0.15) is 40.0 Å². The first kappa shape index (κ1) is 23.1. The molecule has 0 bridgehead atoms. The fraction of sp³-hybridized carbons (Fsp3) is 0.214. The predicted molar refractivity (Wildman–Crippen MR) is 133 cm³/mol. The molecule has 34 heavy (non-hydrogen) atoms. The molecule has 0 radical (unpaired) electrons. The number of benzene rings is 3. The summed E-state index contributed by atoms with van der Waals surface area (Å²) in [6, 6.07) is 17.6. The maximum Gasteiger partial charge on any atom is 0.251 e. The molecule has 0 saturated heterocycles. The number of aryl methyl sites for hydroxylation is 2. The highest BCUT2D eigenvalue weighted by Crippen LogP contribution is 2.30. The minimum Gasteiger partial charge on any atom is -0.493 e. The number of nitrogens with one attached hydrogen (secondary N) is 1. The quantitative estimate of drug-likeness (QED) is 0.409. The van der Waals surface area contributed by atoms with Gasteiger partial charge in [0, 0.05) is 17.2 Å². The van der Waals surface area contributed by atoms with Gasteiger partial charge in [-0.2, -0.15) is 0 Å². The number of ether oxygens (including phenoxy) is 2. The smallest absolute Gasteiger partial charge is 0.251 e. The minimum atomic E-state index is -0.239. The summed E-state index contributed by atoms with van der Waals surface area (Å²) >= 11 is 0. The maximum atomic E-state index is 12.8. The van der Waals surface area contributed by atoms with Gasteiger partial charge in [-0.15, -0.1) is 0 Å². The van der Waals surface area contributed by atoms with Gasteiger partial charge in [-0.3, -0.25) is 9.59 Å². The van der Waals surface area contributed by atoms with Crippen LogP contribution in [-0.2, 0) is 0 Å². The molecule has 1 heterocycles. The van der Waals surface area contributed by atoms with Crippen LogP contribution in [0.25, 0.3) is 22.3 Å². The molecule has 4 rings (SSSR count). The van der Waals surface area contributed by atoms with Crippen molar-refractivity contribution in [2.75, 3.05) is 14.2 Å². The first-order valence-corrected chi connectivity index (χ1v) is 11.0. The second kappa shape index (κ2) is 9.43. The highest BCUT2D eigenvalue weighted by molar-refractivity contribution is 5.95. The highest BCUT2D eigenvalue weighted by Gasteiger charge is 2.15. The summed E-state index contributed by atoms with van der Waals surface area (Å²) in [5, 5.41) is 3.57. The number of hydrogen-bond acceptors (Lipinski definition) is 5. The summed E-state index contributed by atoms with van der Waals surface area (Å²) in [6.45, 7) is 5.78. The monoisotopic (exact) mass is 457 g/mol. The number of carbonyl (C=O) groups excluding carboxylic acids is 1. The predicted octanol–water partition coefficient (Wildman–Crippen LogP) is 5.59. The van der Waals surface area contributed by atoms with E-state index in [9.17, 15) is 9.59 Å². The van der Waals surface area contributed by atoms with E-state index in [4.69, 9.17) is 13.9 Å². The molecule has 1 atom stereocenters. The van der Waals surface area contributed by atoms with Crippen LogP contribution in [0.3, 0.4) is 0 Å². The number of rotatable bonds is 6. The Morgan fingerprint density at radius 2 is 1.62 bits per heavy atom. The molecule has 0 spiro atoms. The molecule has 4 aromatic rings. The van der Waals surface area contributed by atoms with E-state index in [-0.39, 0.29) is 17.4 Å². The van der Waals surface area contributed by atoms with Crippen molar-refractivity contribution >= 4 is 16.9 Å². The van der Waals surface area contributed by atoms with Gasteiger partial charge in [-0.25, -0.2) is 0 Å². The molecule has 0 saturated carbocycles. The molecule has 1 amide bonds. The normalized spacial score (nSPS) is 11.8. The van der Waals surface area contributed by atoms with Crippen molar-refractivity contribution in [3.63, 3.8) is 0 Å². The summed E-state index contributed by atoms with van der Waals surface area (Å²) in [5.41, 5.74) is 4.55. The topological polar surface area (TPSA) is 77.8 Å². The van der Waals surface area contributed by atoms with Crippen LogP contribution < -0.4 is 20.2 Å². The lowest BCUT2D eigenvalue weighted by atomic mass is 10.0.